The monoisotopic (exact) mass is 329 g/mol. The summed E-state index contributed by atoms with van der Waals surface area (Å²) >= 11 is 0. The molecule has 0 radical (unpaired) electrons. The fraction of sp³-hybridized carbons (Fsp3) is 0.353. The maximum Gasteiger partial charge on any atom is 0.239 e. The van der Waals surface area contributed by atoms with Crippen molar-refractivity contribution < 1.29 is 9.59 Å². The highest BCUT2D eigenvalue weighted by Gasteiger charge is 2.17. The van der Waals surface area contributed by atoms with Crippen LogP contribution in [-0.2, 0) is 16.1 Å². The fourth-order valence-electron chi connectivity index (χ4n) is 2.14. The first-order valence-electron chi connectivity index (χ1n) is 7.87. The number of para-hydroxylation sites is 1. The largest absolute Gasteiger partial charge is 0.350 e. The number of hydrogen-bond donors (Lipinski definition) is 3. The number of carbonyl (C=O) groups is 2. The minimum absolute atomic E-state index is 0.0222. The predicted molar refractivity (Wildman–Crippen MR) is 91.2 cm³/mol. The maximum absolute atomic E-state index is 11.9. The van der Waals surface area contributed by atoms with Gasteiger partial charge in [-0.25, -0.2) is 4.68 Å². The lowest BCUT2D eigenvalue weighted by Crippen LogP contribution is -2.47. The Morgan fingerprint density at radius 2 is 1.96 bits per heavy atom. The van der Waals surface area contributed by atoms with Crippen molar-refractivity contribution in [3.8, 4) is 5.69 Å². The Morgan fingerprint density at radius 3 is 2.62 bits per heavy atom. The van der Waals surface area contributed by atoms with Gasteiger partial charge in [-0.15, -0.1) is 0 Å². The highest BCUT2D eigenvalue weighted by Crippen LogP contribution is 2.12. The van der Waals surface area contributed by atoms with Gasteiger partial charge in [-0.3, -0.25) is 9.59 Å². The van der Waals surface area contributed by atoms with Crippen LogP contribution in [0.4, 0.5) is 0 Å². The van der Waals surface area contributed by atoms with E-state index >= 15 is 0 Å². The highest BCUT2D eigenvalue weighted by atomic mass is 16.2. The second-order valence-corrected chi connectivity index (χ2v) is 5.84. The van der Waals surface area contributed by atoms with E-state index in [1.54, 1.807) is 10.9 Å². The number of rotatable bonds is 7. The SMILES string of the molecule is CC(C)[C@H](N)C(=O)NCC(=O)NCc1ccccc1-n1cccn1. The third-order valence-electron chi connectivity index (χ3n) is 3.66. The number of nitrogens with zero attached hydrogens (tertiary/aromatic N) is 2. The lowest BCUT2D eigenvalue weighted by molar-refractivity contribution is -0.127. The highest BCUT2D eigenvalue weighted by molar-refractivity contribution is 5.87. The number of aromatic nitrogens is 2. The molecule has 0 spiro atoms. The first-order chi connectivity index (χ1) is 11.5. The smallest absolute Gasteiger partial charge is 0.239 e. The first kappa shape index (κ1) is 17.7. The van der Waals surface area contributed by atoms with E-state index in [0.717, 1.165) is 11.3 Å². The summed E-state index contributed by atoms with van der Waals surface area (Å²) in [6.45, 7) is 3.97. The van der Waals surface area contributed by atoms with Crippen LogP contribution in [0.2, 0.25) is 0 Å². The molecule has 1 atom stereocenters. The Labute approximate surface area is 141 Å². The van der Waals surface area contributed by atoms with E-state index in [1.165, 1.54) is 0 Å². The zero-order chi connectivity index (χ0) is 17.5. The molecule has 2 amide bonds. The Morgan fingerprint density at radius 1 is 1.21 bits per heavy atom. The molecule has 7 heteroatoms. The molecule has 0 aliphatic rings. The average Bonchev–Trinajstić information content (AvgIpc) is 3.11. The molecular formula is C17H23N5O2. The molecule has 1 aromatic carbocycles. The van der Waals surface area contributed by atoms with E-state index in [0.29, 0.717) is 6.54 Å². The van der Waals surface area contributed by atoms with Gasteiger partial charge in [0.15, 0.2) is 0 Å². The van der Waals surface area contributed by atoms with Gasteiger partial charge in [0.2, 0.25) is 11.8 Å². The normalized spacial score (nSPS) is 12.0. The molecule has 24 heavy (non-hydrogen) atoms. The predicted octanol–water partition coefficient (Wildman–Crippen LogP) is 0.588. The number of hydrogen-bond acceptors (Lipinski definition) is 4. The Hall–Kier alpha value is -2.67. The zero-order valence-electron chi connectivity index (χ0n) is 13.9. The first-order valence-corrected chi connectivity index (χ1v) is 7.87. The molecule has 128 valence electrons. The van der Waals surface area contributed by atoms with Gasteiger partial charge in [0.05, 0.1) is 18.3 Å². The molecule has 0 aliphatic heterocycles. The molecule has 2 rings (SSSR count). The van der Waals surface area contributed by atoms with Gasteiger partial charge < -0.3 is 16.4 Å². The van der Waals surface area contributed by atoms with Crippen LogP contribution in [0.3, 0.4) is 0 Å². The summed E-state index contributed by atoms with van der Waals surface area (Å²) in [6, 6.07) is 8.89. The number of carbonyl (C=O) groups excluding carboxylic acids is 2. The van der Waals surface area contributed by atoms with Crippen molar-refractivity contribution in [3.05, 3.63) is 48.3 Å². The van der Waals surface area contributed by atoms with Gasteiger partial charge in [-0.1, -0.05) is 32.0 Å². The van der Waals surface area contributed by atoms with Crippen molar-refractivity contribution in [3.63, 3.8) is 0 Å². The van der Waals surface area contributed by atoms with Crippen LogP contribution in [0.15, 0.2) is 42.7 Å². The van der Waals surface area contributed by atoms with Crippen LogP contribution in [0.25, 0.3) is 5.69 Å². The second-order valence-electron chi connectivity index (χ2n) is 5.84. The molecule has 0 saturated heterocycles. The van der Waals surface area contributed by atoms with E-state index in [9.17, 15) is 9.59 Å². The number of amides is 2. The zero-order valence-corrected chi connectivity index (χ0v) is 13.9. The maximum atomic E-state index is 11.9. The summed E-state index contributed by atoms with van der Waals surface area (Å²) in [7, 11) is 0. The molecule has 1 aromatic heterocycles. The minimum Gasteiger partial charge on any atom is -0.350 e. The summed E-state index contributed by atoms with van der Waals surface area (Å²) in [5.74, 6) is -0.569. The summed E-state index contributed by atoms with van der Waals surface area (Å²) in [5, 5.41) is 9.54. The van der Waals surface area contributed by atoms with E-state index in [1.807, 2.05) is 50.4 Å². The minimum atomic E-state index is -0.613. The van der Waals surface area contributed by atoms with Gasteiger partial charge in [0.1, 0.15) is 0 Å². The molecule has 0 unspecified atom stereocenters. The van der Waals surface area contributed by atoms with Crippen LogP contribution < -0.4 is 16.4 Å². The molecule has 2 aromatic rings. The van der Waals surface area contributed by atoms with Crippen molar-refractivity contribution >= 4 is 11.8 Å². The lowest BCUT2D eigenvalue weighted by Gasteiger charge is -2.15. The Balaban J connectivity index is 1.88. The van der Waals surface area contributed by atoms with Crippen molar-refractivity contribution in [2.45, 2.75) is 26.4 Å². The van der Waals surface area contributed by atoms with Gasteiger partial charge >= 0.3 is 0 Å². The molecule has 0 fully saturated rings. The lowest BCUT2D eigenvalue weighted by atomic mass is 10.1. The number of nitrogens with two attached hydrogens (primary N) is 1. The van der Waals surface area contributed by atoms with Crippen LogP contribution in [0.1, 0.15) is 19.4 Å². The number of benzene rings is 1. The standard InChI is InChI=1S/C17H23N5O2/c1-12(2)16(18)17(24)20-11-15(23)19-10-13-6-3-4-7-14(13)22-9-5-8-21-22/h3-9,12,16H,10-11,18H2,1-2H3,(H,19,23)(H,20,24)/t16-/m0/s1. The molecule has 0 saturated carbocycles. The molecule has 1 heterocycles. The molecule has 4 N–H and O–H groups in total. The third-order valence-corrected chi connectivity index (χ3v) is 3.66. The van der Waals surface area contributed by atoms with Crippen molar-refractivity contribution in [1.29, 1.82) is 0 Å². The van der Waals surface area contributed by atoms with Crippen molar-refractivity contribution in [2.75, 3.05) is 6.54 Å². The van der Waals surface area contributed by atoms with Crippen molar-refractivity contribution in [2.24, 2.45) is 11.7 Å². The van der Waals surface area contributed by atoms with Crippen LogP contribution in [0, 0.1) is 5.92 Å². The summed E-state index contributed by atoms with van der Waals surface area (Å²) in [5.41, 5.74) is 7.56. The van der Waals surface area contributed by atoms with E-state index in [4.69, 9.17) is 5.73 Å². The molecule has 0 aliphatic carbocycles. The summed E-state index contributed by atoms with van der Waals surface area (Å²) in [6.07, 6.45) is 3.54. The Kier molecular flexibility index (Phi) is 6.08. The Bertz CT molecular complexity index is 682. The van der Waals surface area contributed by atoms with Crippen LogP contribution in [-0.4, -0.2) is 34.2 Å². The molecule has 7 nitrogen and oxygen atoms in total. The second kappa shape index (κ2) is 8.26. The van der Waals surface area contributed by atoms with Gasteiger partial charge in [-0.05, 0) is 23.6 Å². The quantitative estimate of drug-likeness (QED) is 0.692. The summed E-state index contributed by atoms with van der Waals surface area (Å²) < 4.78 is 1.74. The summed E-state index contributed by atoms with van der Waals surface area (Å²) in [4.78, 5) is 23.7. The van der Waals surface area contributed by atoms with Crippen LogP contribution >= 0.6 is 0 Å². The number of nitrogens with one attached hydrogen (secondary N) is 2. The topological polar surface area (TPSA) is 102 Å². The van der Waals surface area contributed by atoms with E-state index in [2.05, 4.69) is 15.7 Å². The fourth-order valence-corrected chi connectivity index (χ4v) is 2.14. The van der Waals surface area contributed by atoms with E-state index in [-0.39, 0.29) is 24.3 Å². The van der Waals surface area contributed by atoms with Gasteiger partial charge in [0, 0.05) is 18.9 Å². The average molecular weight is 329 g/mol. The van der Waals surface area contributed by atoms with Crippen molar-refractivity contribution in [1.82, 2.24) is 20.4 Å². The molecular weight excluding hydrogens is 306 g/mol. The van der Waals surface area contributed by atoms with Gasteiger partial charge in [-0.2, -0.15) is 5.10 Å². The van der Waals surface area contributed by atoms with Gasteiger partial charge in [0.25, 0.3) is 0 Å². The van der Waals surface area contributed by atoms with Crippen LogP contribution in [0.5, 0.6) is 0 Å². The molecule has 0 bridgehead atoms. The third kappa shape index (κ3) is 4.66. The van der Waals surface area contributed by atoms with E-state index < -0.39 is 6.04 Å².